The van der Waals surface area contributed by atoms with E-state index in [1.54, 1.807) is 11.0 Å². The third-order valence-corrected chi connectivity index (χ3v) is 7.22. The number of carboxylic acid groups (broad SMARTS) is 1. The van der Waals surface area contributed by atoms with Gasteiger partial charge < -0.3 is 30.9 Å². The summed E-state index contributed by atoms with van der Waals surface area (Å²) in [5.74, 6) is -1.09. The zero-order chi connectivity index (χ0) is 29.2. The number of hydrogen-bond acceptors (Lipinski definition) is 9. The molecule has 0 aliphatic carbocycles. The number of aromatic nitrogens is 3. The van der Waals surface area contributed by atoms with Gasteiger partial charge in [-0.15, -0.1) is 0 Å². The minimum Gasteiger partial charge on any atom is -0.480 e. The van der Waals surface area contributed by atoms with Crippen LogP contribution < -0.4 is 20.9 Å². The third-order valence-electron chi connectivity index (χ3n) is 7.22. The summed E-state index contributed by atoms with van der Waals surface area (Å²) in [6, 6.07) is 1.93. The van der Waals surface area contributed by atoms with Crippen LogP contribution in [-0.2, 0) is 14.4 Å². The molecular weight excluding hydrogens is 518 g/mol. The Bertz CT molecular complexity index is 1260. The molecule has 1 fully saturated rings. The molecule has 1 aliphatic rings. The first-order valence-electron chi connectivity index (χ1n) is 13.3. The largest absolute Gasteiger partial charge is 0.480 e. The summed E-state index contributed by atoms with van der Waals surface area (Å²) in [7, 11) is 3.69. The molecule has 3 heterocycles. The normalized spacial score (nSPS) is 17.6. The van der Waals surface area contributed by atoms with Gasteiger partial charge in [0, 0.05) is 26.3 Å². The quantitative estimate of drug-likeness (QED) is 0.269. The second-order valence-corrected chi connectivity index (χ2v) is 9.96. The van der Waals surface area contributed by atoms with Crippen LogP contribution in [0.2, 0.25) is 0 Å². The topological polar surface area (TPSA) is 186 Å². The van der Waals surface area contributed by atoms with Crippen LogP contribution in [0, 0.1) is 17.2 Å². The first kappa shape index (κ1) is 30.3. The van der Waals surface area contributed by atoms with Gasteiger partial charge in [-0.25, -0.2) is 19.6 Å². The molecule has 0 aromatic carbocycles. The van der Waals surface area contributed by atoms with Crippen LogP contribution in [0.1, 0.15) is 39.0 Å². The minimum atomic E-state index is -1.13. The summed E-state index contributed by atoms with van der Waals surface area (Å²) in [4.78, 5) is 61.5. The lowest BCUT2D eigenvalue weighted by molar-refractivity contribution is -0.141. The Balaban J connectivity index is 1.67. The van der Waals surface area contributed by atoms with Crippen LogP contribution in [-0.4, -0.2) is 101 Å². The molecule has 4 N–H and O–H groups in total. The molecule has 0 bridgehead atoms. The van der Waals surface area contributed by atoms with Crippen LogP contribution >= 0.6 is 0 Å². The number of nitriles is 1. The number of hydrogen-bond donors (Lipinski definition) is 4. The van der Waals surface area contributed by atoms with Crippen LogP contribution in [0.3, 0.4) is 0 Å². The number of nitrogens with one attached hydrogen (secondary N) is 3. The number of anilines is 1. The van der Waals surface area contributed by atoms with Crippen molar-refractivity contribution in [1.29, 1.82) is 5.26 Å². The van der Waals surface area contributed by atoms with E-state index in [2.05, 4.69) is 32.8 Å². The number of piperidine rings is 1. The van der Waals surface area contributed by atoms with E-state index in [1.165, 1.54) is 17.1 Å². The maximum absolute atomic E-state index is 12.9. The van der Waals surface area contributed by atoms with Gasteiger partial charge >= 0.3 is 12.0 Å². The molecule has 40 heavy (non-hydrogen) atoms. The molecule has 216 valence electrons. The number of fused-ring (bicyclic) bond motifs is 1. The van der Waals surface area contributed by atoms with E-state index in [1.807, 2.05) is 25.1 Å². The van der Waals surface area contributed by atoms with Gasteiger partial charge in [-0.05, 0) is 51.3 Å². The Morgan fingerprint density at radius 3 is 2.75 bits per heavy atom. The average molecular weight is 556 g/mol. The van der Waals surface area contributed by atoms with Crippen LogP contribution in [0.5, 0.6) is 0 Å². The van der Waals surface area contributed by atoms with Crippen molar-refractivity contribution >= 4 is 40.7 Å². The lowest BCUT2D eigenvalue weighted by atomic mass is 9.92. The summed E-state index contributed by atoms with van der Waals surface area (Å²) in [5.41, 5.74) is 0.337. The number of carbonyl (C=O) groups is 4. The zero-order valence-electron chi connectivity index (χ0n) is 23.1. The summed E-state index contributed by atoms with van der Waals surface area (Å²) >= 11 is 0. The number of carbonyl (C=O) groups excluding carboxylic acids is 3. The maximum atomic E-state index is 12.9. The number of rotatable bonds is 12. The van der Waals surface area contributed by atoms with Crippen molar-refractivity contribution < 1.29 is 24.3 Å². The first-order chi connectivity index (χ1) is 19.2. The number of carboxylic acids is 1. The lowest BCUT2D eigenvalue weighted by Gasteiger charge is -2.42. The van der Waals surface area contributed by atoms with Crippen molar-refractivity contribution in [3.63, 3.8) is 0 Å². The monoisotopic (exact) mass is 555 g/mol. The minimum absolute atomic E-state index is 0.0595. The van der Waals surface area contributed by atoms with Gasteiger partial charge in [0.1, 0.15) is 24.6 Å². The Morgan fingerprint density at radius 1 is 1.27 bits per heavy atom. The molecular formula is C26H37N9O5. The predicted octanol–water partition coefficient (Wildman–Crippen LogP) is 0.535. The molecule has 0 saturated carbocycles. The van der Waals surface area contributed by atoms with Crippen LogP contribution in [0.25, 0.3) is 11.0 Å². The molecule has 1 aliphatic heterocycles. The summed E-state index contributed by atoms with van der Waals surface area (Å²) in [6.45, 7) is 3.50. The highest BCUT2D eigenvalue weighted by Gasteiger charge is 2.33. The fourth-order valence-corrected chi connectivity index (χ4v) is 4.89. The number of nitrogens with zero attached hydrogens (tertiary/aromatic N) is 6. The Labute approximate surface area is 232 Å². The van der Waals surface area contributed by atoms with Gasteiger partial charge in [-0.3, -0.25) is 14.2 Å². The summed E-state index contributed by atoms with van der Waals surface area (Å²) < 4.78 is 1.26. The molecule has 2 aromatic rings. The maximum Gasteiger partial charge on any atom is 0.327 e. The first-order valence-corrected chi connectivity index (χ1v) is 13.3. The van der Waals surface area contributed by atoms with E-state index < -0.39 is 30.5 Å². The van der Waals surface area contributed by atoms with Crippen LogP contribution in [0.4, 0.5) is 10.6 Å². The van der Waals surface area contributed by atoms with Crippen molar-refractivity contribution in [2.75, 3.05) is 45.2 Å². The van der Waals surface area contributed by atoms with Crippen molar-refractivity contribution in [2.24, 2.45) is 5.92 Å². The van der Waals surface area contributed by atoms with Gasteiger partial charge in [-0.1, -0.05) is 6.92 Å². The number of likely N-dealkylation sites (tertiary alicyclic amines) is 1. The van der Waals surface area contributed by atoms with E-state index in [4.69, 9.17) is 5.26 Å². The molecule has 14 nitrogen and oxygen atoms in total. The van der Waals surface area contributed by atoms with Crippen LogP contribution in [0.15, 0.2) is 18.6 Å². The Morgan fingerprint density at radius 2 is 2.05 bits per heavy atom. The molecule has 1 saturated heterocycles. The fraction of sp³-hybridized carbons (Fsp3) is 0.577. The molecule has 3 atom stereocenters. The lowest BCUT2D eigenvalue weighted by Crippen LogP contribution is -2.52. The molecule has 2 aromatic heterocycles. The summed E-state index contributed by atoms with van der Waals surface area (Å²) in [5, 5.41) is 26.9. The number of unbranched alkanes of at least 4 members (excludes halogenated alkanes) is 1. The number of amides is 3. The summed E-state index contributed by atoms with van der Waals surface area (Å²) in [6.07, 6.45) is 5.20. The molecule has 0 unspecified atom stereocenters. The van der Waals surface area contributed by atoms with Gasteiger partial charge in [0.25, 0.3) is 0 Å². The van der Waals surface area contributed by atoms with E-state index in [9.17, 15) is 24.3 Å². The second-order valence-electron chi connectivity index (χ2n) is 9.96. The molecule has 0 spiro atoms. The highest BCUT2D eigenvalue weighted by atomic mass is 16.4. The molecule has 3 amide bonds. The molecule has 0 radical (unpaired) electrons. The smallest absolute Gasteiger partial charge is 0.327 e. The van der Waals surface area contributed by atoms with Gasteiger partial charge in [-0.2, -0.15) is 5.26 Å². The SMILES string of the molecule is CNCCCC[C@H](NC(=O)CNC(=O)n1ccc2c(N(C)[C@H]3CN(C(=O)CC#N)CC[C@H]3C)ncnc21)C(=O)O. The van der Waals surface area contributed by atoms with E-state index in [0.29, 0.717) is 36.4 Å². The standard InChI is InChI=1S/C26H37N9O5/c1-17-8-12-34(22(37)7-10-27)15-20(17)33(3)23-18-9-13-35(24(18)31-16-30-23)26(40)29-14-21(36)32-19(25(38)39)6-4-5-11-28-2/h9,13,16-17,19-20,28H,4-8,11-12,14-15H2,1-3H3,(H,29,40)(H,32,36)(H,38,39)/t17-,19+,20+/m1/s1. The highest BCUT2D eigenvalue weighted by Crippen LogP contribution is 2.29. The van der Waals surface area contributed by atoms with E-state index in [0.717, 1.165) is 19.4 Å². The van der Waals surface area contributed by atoms with Crippen molar-refractivity contribution in [1.82, 2.24) is 35.4 Å². The highest BCUT2D eigenvalue weighted by molar-refractivity contribution is 5.96. The van der Waals surface area contributed by atoms with Gasteiger partial charge in [0.15, 0.2) is 5.65 Å². The average Bonchev–Trinajstić information content (AvgIpc) is 3.38. The van der Waals surface area contributed by atoms with Gasteiger partial charge in [0.05, 0.1) is 24.0 Å². The molecule has 3 rings (SSSR count). The van der Waals surface area contributed by atoms with Crippen molar-refractivity contribution in [2.45, 2.75) is 51.1 Å². The van der Waals surface area contributed by atoms with E-state index in [-0.39, 0.29) is 30.7 Å². The number of aliphatic carboxylic acids is 1. The van der Waals surface area contributed by atoms with Crippen molar-refractivity contribution in [3.8, 4) is 6.07 Å². The van der Waals surface area contributed by atoms with Gasteiger partial charge in [0.2, 0.25) is 11.8 Å². The van der Waals surface area contributed by atoms with E-state index >= 15 is 0 Å². The third kappa shape index (κ3) is 7.44. The van der Waals surface area contributed by atoms with Crippen molar-refractivity contribution in [3.05, 3.63) is 18.6 Å². The Kier molecular flexibility index (Phi) is 10.8. The Hall–Kier alpha value is -4.25. The zero-order valence-corrected chi connectivity index (χ0v) is 23.1. The second kappa shape index (κ2) is 14.2. The predicted molar refractivity (Wildman–Crippen MR) is 146 cm³/mol. The molecule has 14 heteroatoms. The number of likely N-dealkylation sites (N-methyl/N-ethyl adjacent to an activating group) is 1. The fourth-order valence-electron chi connectivity index (χ4n) is 4.89.